The van der Waals surface area contributed by atoms with Gasteiger partial charge in [-0.2, -0.15) is 0 Å². The molecule has 0 unspecified atom stereocenters. The summed E-state index contributed by atoms with van der Waals surface area (Å²) in [6, 6.07) is 10.1. The first-order valence-corrected chi connectivity index (χ1v) is 7.76. The van der Waals surface area contributed by atoms with Gasteiger partial charge < -0.3 is 5.32 Å². The van der Waals surface area contributed by atoms with Gasteiger partial charge in [0.25, 0.3) is 5.91 Å². The number of hydrogen-bond acceptors (Lipinski definition) is 5. The summed E-state index contributed by atoms with van der Waals surface area (Å²) in [5, 5.41) is 11.3. The maximum atomic E-state index is 12.1. The van der Waals surface area contributed by atoms with E-state index in [-0.39, 0.29) is 5.91 Å². The lowest BCUT2D eigenvalue weighted by Crippen LogP contribution is -2.25. The van der Waals surface area contributed by atoms with Crippen LogP contribution in [0.15, 0.2) is 42.7 Å². The minimum atomic E-state index is -0.191. The molecule has 112 valence electrons. The second kappa shape index (κ2) is 6.48. The first-order chi connectivity index (χ1) is 10.8. The number of carbonyl (C=O) groups is 1. The number of rotatable bonds is 5. The van der Waals surface area contributed by atoms with Crippen molar-refractivity contribution in [2.24, 2.45) is 0 Å². The molecular weight excluding hydrogens is 298 g/mol. The van der Waals surface area contributed by atoms with Gasteiger partial charge in [-0.25, -0.2) is 9.67 Å². The molecule has 0 bridgehead atoms. The first-order valence-electron chi connectivity index (χ1n) is 6.94. The predicted molar refractivity (Wildman–Crippen MR) is 84.4 cm³/mol. The highest BCUT2D eigenvalue weighted by Gasteiger charge is 2.12. The van der Waals surface area contributed by atoms with Crippen molar-refractivity contribution in [3.05, 3.63) is 53.4 Å². The molecule has 0 atom stereocenters. The first kappa shape index (κ1) is 14.4. The van der Waals surface area contributed by atoms with Crippen LogP contribution in [0.3, 0.4) is 0 Å². The van der Waals surface area contributed by atoms with Crippen LogP contribution in [0.1, 0.15) is 22.4 Å². The second-order valence-electron chi connectivity index (χ2n) is 4.60. The number of benzene rings is 1. The Balaban J connectivity index is 1.65. The van der Waals surface area contributed by atoms with Crippen molar-refractivity contribution >= 4 is 17.2 Å². The van der Waals surface area contributed by atoms with E-state index >= 15 is 0 Å². The van der Waals surface area contributed by atoms with Crippen LogP contribution in [-0.2, 0) is 13.1 Å². The number of amides is 1. The second-order valence-corrected chi connectivity index (χ2v) is 5.72. The van der Waals surface area contributed by atoms with Gasteiger partial charge >= 0.3 is 0 Å². The smallest absolute Gasteiger partial charge is 0.271 e. The van der Waals surface area contributed by atoms with Crippen molar-refractivity contribution in [1.82, 2.24) is 25.3 Å². The summed E-state index contributed by atoms with van der Waals surface area (Å²) < 4.78 is 1.56. The van der Waals surface area contributed by atoms with E-state index in [9.17, 15) is 4.79 Å². The van der Waals surface area contributed by atoms with Crippen LogP contribution in [0.2, 0.25) is 0 Å². The number of nitrogens with zero attached hydrogens (tertiary/aromatic N) is 4. The molecule has 0 aliphatic rings. The lowest BCUT2D eigenvalue weighted by Gasteiger charge is -2.03. The fraction of sp³-hybridized carbons (Fsp3) is 0.200. The Kier molecular flexibility index (Phi) is 4.24. The molecule has 0 fully saturated rings. The number of nitrogens with one attached hydrogen (secondary N) is 1. The molecule has 0 aliphatic heterocycles. The average molecular weight is 313 g/mol. The quantitative estimate of drug-likeness (QED) is 0.785. The predicted octanol–water partition coefficient (Wildman–Crippen LogP) is 2.35. The maximum absolute atomic E-state index is 12.1. The molecule has 0 radical (unpaired) electrons. The summed E-state index contributed by atoms with van der Waals surface area (Å²) in [7, 11) is 0. The van der Waals surface area contributed by atoms with E-state index in [1.807, 2.05) is 43.5 Å². The van der Waals surface area contributed by atoms with E-state index in [0.717, 1.165) is 15.4 Å². The van der Waals surface area contributed by atoms with Crippen LogP contribution in [0.4, 0.5) is 0 Å². The molecule has 3 rings (SSSR count). The van der Waals surface area contributed by atoms with Gasteiger partial charge in [0.05, 0.1) is 17.6 Å². The van der Waals surface area contributed by atoms with Crippen molar-refractivity contribution in [3.63, 3.8) is 0 Å². The molecule has 22 heavy (non-hydrogen) atoms. The van der Waals surface area contributed by atoms with Crippen LogP contribution in [-0.4, -0.2) is 25.9 Å². The largest absolute Gasteiger partial charge is 0.344 e. The Bertz CT molecular complexity index is 765. The van der Waals surface area contributed by atoms with Crippen LogP contribution >= 0.6 is 11.3 Å². The lowest BCUT2D eigenvalue weighted by atomic mass is 10.2. The fourth-order valence-electron chi connectivity index (χ4n) is 2.04. The zero-order valence-corrected chi connectivity index (χ0v) is 12.9. The molecule has 3 aromatic rings. The van der Waals surface area contributed by atoms with Crippen LogP contribution in [0.5, 0.6) is 0 Å². The van der Waals surface area contributed by atoms with Gasteiger partial charge in [-0.05, 0) is 12.5 Å². The maximum Gasteiger partial charge on any atom is 0.271 e. The van der Waals surface area contributed by atoms with E-state index < -0.39 is 0 Å². The number of aromatic nitrogens is 4. The number of hydrogen-bond donors (Lipinski definition) is 1. The van der Waals surface area contributed by atoms with Gasteiger partial charge in [-0.3, -0.25) is 4.79 Å². The van der Waals surface area contributed by atoms with Crippen LogP contribution < -0.4 is 5.32 Å². The Hall–Kier alpha value is -2.54. The molecule has 1 amide bonds. The summed E-state index contributed by atoms with van der Waals surface area (Å²) in [6.07, 6.45) is 3.30. The summed E-state index contributed by atoms with van der Waals surface area (Å²) in [6.45, 7) is 2.92. The van der Waals surface area contributed by atoms with E-state index in [2.05, 4.69) is 20.6 Å². The van der Waals surface area contributed by atoms with E-state index in [0.29, 0.717) is 18.8 Å². The SMILES string of the molecule is CCn1nncc1C(=O)NCc1ncc(-c2ccccc2)s1. The molecule has 1 aromatic carbocycles. The van der Waals surface area contributed by atoms with Crippen LogP contribution in [0.25, 0.3) is 10.4 Å². The summed E-state index contributed by atoms with van der Waals surface area (Å²) in [5.41, 5.74) is 1.59. The monoisotopic (exact) mass is 313 g/mol. The molecule has 0 aliphatic carbocycles. The van der Waals surface area contributed by atoms with Crippen molar-refractivity contribution in [2.45, 2.75) is 20.0 Å². The molecular formula is C15H15N5OS. The van der Waals surface area contributed by atoms with Crippen molar-refractivity contribution in [1.29, 1.82) is 0 Å². The Labute approximate surface area is 131 Å². The number of carbonyl (C=O) groups excluding carboxylic acids is 1. The van der Waals surface area contributed by atoms with Crippen molar-refractivity contribution in [3.8, 4) is 10.4 Å². The lowest BCUT2D eigenvalue weighted by molar-refractivity contribution is 0.0940. The molecule has 2 aromatic heterocycles. The van der Waals surface area contributed by atoms with Gasteiger partial charge in [0.15, 0.2) is 0 Å². The van der Waals surface area contributed by atoms with Gasteiger partial charge in [-0.1, -0.05) is 35.5 Å². The average Bonchev–Trinajstić information content (AvgIpc) is 3.22. The normalized spacial score (nSPS) is 10.6. The minimum absolute atomic E-state index is 0.191. The highest BCUT2D eigenvalue weighted by molar-refractivity contribution is 7.15. The van der Waals surface area contributed by atoms with Gasteiger partial charge in [0.1, 0.15) is 10.7 Å². The third kappa shape index (κ3) is 3.04. The molecule has 1 N–H and O–H groups in total. The zero-order chi connectivity index (χ0) is 15.4. The van der Waals surface area contributed by atoms with E-state index in [4.69, 9.17) is 0 Å². The summed E-state index contributed by atoms with van der Waals surface area (Å²) >= 11 is 1.57. The minimum Gasteiger partial charge on any atom is -0.344 e. The molecule has 0 spiro atoms. The van der Waals surface area contributed by atoms with Gasteiger partial charge in [-0.15, -0.1) is 16.4 Å². The number of aryl methyl sites for hydroxylation is 1. The molecule has 0 saturated carbocycles. The molecule has 7 heteroatoms. The van der Waals surface area contributed by atoms with Crippen LogP contribution in [0, 0.1) is 0 Å². The number of thiazole rings is 1. The third-order valence-electron chi connectivity index (χ3n) is 3.16. The standard InChI is InChI=1S/C15H15N5OS/c1-2-20-12(8-18-19-20)15(21)17-10-14-16-9-13(22-14)11-6-4-3-5-7-11/h3-9H,2,10H2,1H3,(H,17,21). The highest BCUT2D eigenvalue weighted by atomic mass is 32.1. The van der Waals surface area contributed by atoms with Crippen molar-refractivity contribution < 1.29 is 4.79 Å². The third-order valence-corrected chi connectivity index (χ3v) is 4.21. The molecule has 2 heterocycles. The van der Waals surface area contributed by atoms with E-state index in [1.165, 1.54) is 6.20 Å². The zero-order valence-electron chi connectivity index (χ0n) is 12.1. The Morgan fingerprint density at radius 2 is 2.09 bits per heavy atom. The van der Waals surface area contributed by atoms with Gasteiger partial charge in [0.2, 0.25) is 0 Å². The molecule has 0 saturated heterocycles. The molecule has 6 nitrogen and oxygen atoms in total. The summed E-state index contributed by atoms with van der Waals surface area (Å²) in [5.74, 6) is -0.191. The Morgan fingerprint density at radius 1 is 1.27 bits per heavy atom. The van der Waals surface area contributed by atoms with Gasteiger partial charge in [0, 0.05) is 12.7 Å². The van der Waals surface area contributed by atoms with E-state index in [1.54, 1.807) is 16.0 Å². The Morgan fingerprint density at radius 3 is 2.86 bits per heavy atom. The topological polar surface area (TPSA) is 72.7 Å². The summed E-state index contributed by atoms with van der Waals surface area (Å²) in [4.78, 5) is 17.5. The van der Waals surface area contributed by atoms with Crippen molar-refractivity contribution in [2.75, 3.05) is 0 Å². The fourth-order valence-corrected chi connectivity index (χ4v) is 2.90. The highest BCUT2D eigenvalue weighted by Crippen LogP contribution is 2.25.